The number of nitriles is 1. The van der Waals surface area contributed by atoms with Gasteiger partial charge in [-0.25, -0.2) is 0 Å². The van der Waals surface area contributed by atoms with Gasteiger partial charge in [0.1, 0.15) is 5.69 Å². The van der Waals surface area contributed by atoms with Gasteiger partial charge in [-0.15, -0.1) is 0 Å². The van der Waals surface area contributed by atoms with Gasteiger partial charge in [-0.3, -0.25) is 19.8 Å². The predicted molar refractivity (Wildman–Crippen MR) is 111 cm³/mol. The highest BCUT2D eigenvalue weighted by Crippen LogP contribution is 2.30. The maximum Gasteiger partial charge on any atom is 0.293 e. The quantitative estimate of drug-likeness (QED) is 0.619. The zero-order valence-corrected chi connectivity index (χ0v) is 16.5. The molecule has 0 atom stereocenters. The van der Waals surface area contributed by atoms with E-state index in [-0.39, 0.29) is 23.7 Å². The van der Waals surface area contributed by atoms with Crippen molar-refractivity contribution in [2.75, 3.05) is 42.9 Å². The summed E-state index contributed by atoms with van der Waals surface area (Å²) < 4.78 is 0. The fraction of sp³-hybridized carbons (Fsp3) is 0.333. The molecule has 0 unspecified atom stereocenters. The highest BCUT2D eigenvalue weighted by atomic mass is 16.6. The van der Waals surface area contributed by atoms with E-state index in [4.69, 9.17) is 5.26 Å². The van der Waals surface area contributed by atoms with Gasteiger partial charge in [-0.05, 0) is 37.1 Å². The van der Waals surface area contributed by atoms with Crippen molar-refractivity contribution in [3.8, 4) is 6.07 Å². The number of para-hydroxylation sites is 1. The molecular weight excluding hydrogens is 370 g/mol. The molecule has 1 aliphatic rings. The normalized spacial score (nSPS) is 14.3. The van der Waals surface area contributed by atoms with Gasteiger partial charge < -0.3 is 10.2 Å². The van der Waals surface area contributed by atoms with Gasteiger partial charge in [0.05, 0.1) is 23.1 Å². The zero-order valence-electron chi connectivity index (χ0n) is 16.5. The Balaban J connectivity index is 1.61. The Bertz CT molecular complexity index is 955. The minimum Gasteiger partial charge on any atom is -0.363 e. The topological polar surface area (TPSA) is 103 Å². The summed E-state index contributed by atoms with van der Waals surface area (Å²) in [6.07, 6.45) is 0. The standard InChI is InChI=1S/C21H23N5O3/c1-15-4-3-5-16(2)21(15)23-20(27)14-24-8-10-25(11-9-24)18-7-6-17(13-22)12-19(18)26(28)29/h3-7,12H,8-11,14H2,1-2H3,(H,23,27). The van der Waals surface area contributed by atoms with Crippen LogP contribution >= 0.6 is 0 Å². The lowest BCUT2D eigenvalue weighted by atomic mass is 10.1. The number of nitro benzene ring substituents is 1. The fourth-order valence-electron chi connectivity index (χ4n) is 3.55. The third-order valence-corrected chi connectivity index (χ3v) is 5.13. The summed E-state index contributed by atoms with van der Waals surface area (Å²) in [6.45, 7) is 6.59. The number of nitrogens with one attached hydrogen (secondary N) is 1. The number of carbonyl (C=O) groups is 1. The number of hydrogen-bond acceptors (Lipinski definition) is 6. The van der Waals surface area contributed by atoms with Gasteiger partial charge in [0.2, 0.25) is 5.91 Å². The molecule has 2 aromatic rings. The van der Waals surface area contributed by atoms with Crippen molar-refractivity contribution in [3.05, 3.63) is 63.2 Å². The highest BCUT2D eigenvalue weighted by Gasteiger charge is 2.25. The van der Waals surface area contributed by atoms with E-state index in [9.17, 15) is 14.9 Å². The predicted octanol–water partition coefficient (Wildman–Crippen LogP) is 2.84. The number of nitrogens with zero attached hydrogens (tertiary/aromatic N) is 4. The van der Waals surface area contributed by atoms with E-state index >= 15 is 0 Å². The largest absolute Gasteiger partial charge is 0.363 e. The summed E-state index contributed by atoms with van der Waals surface area (Å²) in [5.74, 6) is -0.0693. The van der Waals surface area contributed by atoms with Crippen LogP contribution in [0.25, 0.3) is 0 Å². The molecule has 0 aliphatic carbocycles. The molecule has 1 fully saturated rings. The van der Waals surface area contributed by atoms with Crippen LogP contribution in [-0.2, 0) is 4.79 Å². The van der Waals surface area contributed by atoms with Crippen LogP contribution in [0.4, 0.5) is 17.1 Å². The Kier molecular flexibility index (Phi) is 6.10. The van der Waals surface area contributed by atoms with Crippen molar-refractivity contribution in [2.45, 2.75) is 13.8 Å². The first-order chi connectivity index (χ1) is 13.9. The van der Waals surface area contributed by atoms with Gasteiger partial charge in [0, 0.05) is 37.9 Å². The van der Waals surface area contributed by atoms with Crippen molar-refractivity contribution in [2.24, 2.45) is 0 Å². The first-order valence-corrected chi connectivity index (χ1v) is 9.41. The zero-order chi connectivity index (χ0) is 21.0. The monoisotopic (exact) mass is 393 g/mol. The summed E-state index contributed by atoms with van der Waals surface area (Å²) >= 11 is 0. The van der Waals surface area contributed by atoms with Gasteiger partial charge in [0.25, 0.3) is 5.69 Å². The molecule has 150 valence electrons. The minimum atomic E-state index is -0.458. The molecule has 1 amide bonds. The lowest BCUT2D eigenvalue weighted by molar-refractivity contribution is -0.384. The molecule has 8 heteroatoms. The smallest absolute Gasteiger partial charge is 0.293 e. The van der Waals surface area contributed by atoms with Crippen LogP contribution in [0.15, 0.2) is 36.4 Å². The van der Waals surface area contributed by atoms with E-state index in [1.54, 1.807) is 12.1 Å². The number of rotatable bonds is 5. The lowest BCUT2D eigenvalue weighted by Gasteiger charge is -2.35. The van der Waals surface area contributed by atoms with E-state index < -0.39 is 4.92 Å². The number of amides is 1. The van der Waals surface area contributed by atoms with Crippen LogP contribution in [0.5, 0.6) is 0 Å². The lowest BCUT2D eigenvalue weighted by Crippen LogP contribution is -2.48. The Morgan fingerprint density at radius 1 is 1.17 bits per heavy atom. The summed E-state index contributed by atoms with van der Waals surface area (Å²) in [7, 11) is 0. The van der Waals surface area contributed by atoms with Crippen LogP contribution < -0.4 is 10.2 Å². The molecule has 3 rings (SSSR count). The Labute approximate surface area is 169 Å². The van der Waals surface area contributed by atoms with Crippen LogP contribution in [-0.4, -0.2) is 48.5 Å². The molecule has 0 spiro atoms. The van der Waals surface area contributed by atoms with Crippen molar-refractivity contribution < 1.29 is 9.72 Å². The second kappa shape index (κ2) is 8.71. The van der Waals surface area contributed by atoms with Crippen molar-refractivity contribution in [1.82, 2.24) is 4.90 Å². The average molecular weight is 393 g/mol. The van der Waals surface area contributed by atoms with Crippen LogP contribution in [0.3, 0.4) is 0 Å². The molecule has 0 saturated carbocycles. The molecule has 1 aliphatic heterocycles. The summed E-state index contributed by atoms with van der Waals surface area (Å²) in [5, 5.41) is 23.3. The number of anilines is 2. The van der Waals surface area contributed by atoms with Crippen LogP contribution in [0.2, 0.25) is 0 Å². The van der Waals surface area contributed by atoms with E-state index in [1.165, 1.54) is 6.07 Å². The van der Waals surface area contributed by atoms with Gasteiger partial charge >= 0.3 is 0 Å². The highest BCUT2D eigenvalue weighted by molar-refractivity contribution is 5.93. The molecule has 1 saturated heterocycles. The molecule has 2 aromatic carbocycles. The van der Waals surface area contributed by atoms with E-state index in [2.05, 4.69) is 5.32 Å². The number of nitro groups is 1. The second-order valence-electron chi connectivity index (χ2n) is 7.15. The molecule has 0 radical (unpaired) electrons. The van der Waals surface area contributed by atoms with Crippen LogP contribution in [0, 0.1) is 35.3 Å². The number of carbonyl (C=O) groups excluding carboxylic acids is 1. The Morgan fingerprint density at radius 2 is 1.83 bits per heavy atom. The molecule has 1 N–H and O–H groups in total. The van der Waals surface area contributed by atoms with E-state index in [1.807, 2.05) is 47.9 Å². The number of aryl methyl sites for hydroxylation is 2. The second-order valence-corrected chi connectivity index (χ2v) is 7.15. The van der Waals surface area contributed by atoms with Crippen molar-refractivity contribution in [3.63, 3.8) is 0 Å². The number of hydrogen-bond donors (Lipinski definition) is 1. The molecule has 8 nitrogen and oxygen atoms in total. The molecule has 29 heavy (non-hydrogen) atoms. The minimum absolute atomic E-state index is 0.0646. The third-order valence-electron chi connectivity index (χ3n) is 5.13. The van der Waals surface area contributed by atoms with Crippen LogP contribution in [0.1, 0.15) is 16.7 Å². The summed E-state index contributed by atoms with van der Waals surface area (Å²) in [6, 6.07) is 12.3. The first kappa shape index (κ1) is 20.3. The molecule has 0 aromatic heterocycles. The Morgan fingerprint density at radius 3 is 2.41 bits per heavy atom. The molecule has 1 heterocycles. The Hall–Kier alpha value is -3.44. The number of piperazine rings is 1. The van der Waals surface area contributed by atoms with Gasteiger partial charge in [0.15, 0.2) is 0 Å². The molecule has 0 bridgehead atoms. The maximum absolute atomic E-state index is 12.5. The fourth-order valence-corrected chi connectivity index (χ4v) is 3.55. The van der Waals surface area contributed by atoms with Gasteiger partial charge in [-0.2, -0.15) is 5.26 Å². The maximum atomic E-state index is 12.5. The third kappa shape index (κ3) is 4.70. The number of benzene rings is 2. The first-order valence-electron chi connectivity index (χ1n) is 9.41. The SMILES string of the molecule is Cc1cccc(C)c1NC(=O)CN1CCN(c2ccc(C#N)cc2[N+](=O)[O-])CC1. The van der Waals surface area contributed by atoms with Crippen molar-refractivity contribution in [1.29, 1.82) is 5.26 Å². The summed E-state index contributed by atoms with van der Waals surface area (Å²) in [5.41, 5.74) is 3.61. The molecular formula is C21H23N5O3. The summed E-state index contributed by atoms with van der Waals surface area (Å²) in [4.78, 5) is 27.3. The van der Waals surface area contributed by atoms with Gasteiger partial charge in [-0.1, -0.05) is 18.2 Å². The van der Waals surface area contributed by atoms with E-state index in [0.717, 1.165) is 16.8 Å². The average Bonchev–Trinajstić information content (AvgIpc) is 2.71. The van der Waals surface area contributed by atoms with E-state index in [0.29, 0.717) is 31.9 Å². The van der Waals surface area contributed by atoms with Crippen molar-refractivity contribution >= 4 is 23.0 Å².